The second kappa shape index (κ2) is 4.73. The molecular formula is C10H15N3. The smallest absolute Gasteiger partial charge is 0.0470 e. The molecule has 1 atom stereocenters. The van der Waals surface area contributed by atoms with Crippen LogP contribution in [0.25, 0.3) is 10.4 Å². The Kier molecular flexibility index (Phi) is 3.59. The van der Waals surface area contributed by atoms with Crippen LogP contribution in [-0.2, 0) is 0 Å². The van der Waals surface area contributed by atoms with Crippen LogP contribution in [0.5, 0.6) is 0 Å². The molecule has 0 bridgehead atoms. The van der Waals surface area contributed by atoms with Crippen molar-refractivity contribution in [3.8, 4) is 0 Å². The van der Waals surface area contributed by atoms with Crippen LogP contribution in [0.15, 0.2) is 28.9 Å². The Labute approximate surface area is 78.8 Å². The highest BCUT2D eigenvalue weighted by molar-refractivity contribution is 5.13. The minimum atomic E-state index is 0.541. The molecule has 0 fully saturated rings. The van der Waals surface area contributed by atoms with Gasteiger partial charge in [0.25, 0.3) is 0 Å². The molecule has 1 aliphatic carbocycles. The quantitative estimate of drug-likeness (QED) is 0.274. The van der Waals surface area contributed by atoms with E-state index >= 15 is 0 Å². The minimum absolute atomic E-state index is 0.541. The number of rotatable bonds is 3. The summed E-state index contributed by atoms with van der Waals surface area (Å²) < 4.78 is 0. The number of nitrogens with zero attached hydrogens (tertiary/aromatic N) is 3. The van der Waals surface area contributed by atoms with E-state index in [1.54, 1.807) is 0 Å². The van der Waals surface area contributed by atoms with Crippen LogP contribution in [0.3, 0.4) is 0 Å². The molecule has 3 heteroatoms. The fraction of sp³-hybridized carbons (Fsp3) is 0.600. The molecule has 1 rings (SSSR count). The zero-order chi connectivity index (χ0) is 9.68. The summed E-state index contributed by atoms with van der Waals surface area (Å²) in [6.07, 6.45) is 5.46. The molecule has 0 aliphatic heterocycles. The van der Waals surface area contributed by atoms with E-state index in [0.29, 0.717) is 12.5 Å². The van der Waals surface area contributed by atoms with E-state index in [9.17, 15) is 0 Å². The molecule has 70 valence electrons. The van der Waals surface area contributed by atoms with E-state index in [1.165, 1.54) is 11.1 Å². The number of allylic oxidation sites excluding steroid dienone is 2. The summed E-state index contributed by atoms with van der Waals surface area (Å²) in [5, 5.41) is 3.56. The second-order valence-electron chi connectivity index (χ2n) is 3.57. The molecule has 0 heterocycles. The third-order valence-electron chi connectivity index (χ3n) is 2.54. The monoisotopic (exact) mass is 177 g/mol. The summed E-state index contributed by atoms with van der Waals surface area (Å²) in [5.41, 5.74) is 10.7. The van der Waals surface area contributed by atoms with E-state index in [0.717, 1.165) is 19.3 Å². The van der Waals surface area contributed by atoms with Gasteiger partial charge in [0.1, 0.15) is 0 Å². The van der Waals surface area contributed by atoms with Crippen molar-refractivity contribution in [3.05, 3.63) is 34.2 Å². The van der Waals surface area contributed by atoms with Crippen molar-refractivity contribution in [1.29, 1.82) is 0 Å². The molecule has 0 radical (unpaired) electrons. The molecule has 0 aromatic carbocycles. The average Bonchev–Trinajstić information content (AvgIpc) is 2.15. The molecule has 0 unspecified atom stereocenters. The van der Waals surface area contributed by atoms with Crippen molar-refractivity contribution in [3.63, 3.8) is 0 Å². The highest BCUT2D eigenvalue weighted by atomic mass is 15.1. The van der Waals surface area contributed by atoms with Crippen LogP contribution in [0.1, 0.15) is 26.2 Å². The summed E-state index contributed by atoms with van der Waals surface area (Å²) in [6.45, 7) is 6.58. The molecule has 1 aliphatic rings. The predicted octanol–water partition coefficient (Wildman–Crippen LogP) is 3.60. The molecular weight excluding hydrogens is 162 g/mol. The first-order chi connectivity index (χ1) is 6.24. The van der Waals surface area contributed by atoms with Crippen molar-refractivity contribution < 1.29 is 0 Å². The van der Waals surface area contributed by atoms with Gasteiger partial charge in [-0.1, -0.05) is 28.9 Å². The van der Waals surface area contributed by atoms with E-state index in [-0.39, 0.29) is 0 Å². The molecule has 0 N–H and O–H groups in total. The molecule has 0 saturated carbocycles. The maximum atomic E-state index is 8.15. The highest BCUT2D eigenvalue weighted by Gasteiger charge is 2.13. The maximum Gasteiger partial charge on any atom is 0.0470 e. The van der Waals surface area contributed by atoms with Gasteiger partial charge >= 0.3 is 0 Å². The summed E-state index contributed by atoms with van der Waals surface area (Å²) in [5.74, 6) is 0.634. The van der Waals surface area contributed by atoms with Gasteiger partial charge in [-0.15, -0.1) is 0 Å². The fourth-order valence-corrected chi connectivity index (χ4v) is 1.60. The Morgan fingerprint density at radius 3 is 3.08 bits per heavy atom. The fourth-order valence-electron chi connectivity index (χ4n) is 1.60. The van der Waals surface area contributed by atoms with Crippen LogP contribution in [0.4, 0.5) is 0 Å². The van der Waals surface area contributed by atoms with Crippen LogP contribution in [0.2, 0.25) is 0 Å². The van der Waals surface area contributed by atoms with Gasteiger partial charge in [-0.25, -0.2) is 0 Å². The molecule has 0 aromatic heterocycles. The van der Waals surface area contributed by atoms with Gasteiger partial charge < -0.3 is 0 Å². The number of azide groups is 1. The first-order valence-electron chi connectivity index (χ1n) is 4.58. The number of hydrogen-bond acceptors (Lipinski definition) is 1. The number of hydrogen-bond donors (Lipinski definition) is 0. The van der Waals surface area contributed by atoms with Gasteiger partial charge in [-0.3, -0.25) is 0 Å². The third-order valence-corrected chi connectivity index (χ3v) is 2.54. The standard InChI is InChI=1S/C10H15N3/c1-8(2)10-5-3-9(4-6-10)7-12-13-11/h3,10H,1,4-7H2,2H3/t10-/m0/s1. The van der Waals surface area contributed by atoms with Crippen LogP contribution in [0, 0.1) is 5.92 Å². The summed E-state index contributed by atoms with van der Waals surface area (Å²) in [4.78, 5) is 2.75. The molecule has 3 nitrogen and oxygen atoms in total. The second-order valence-corrected chi connectivity index (χ2v) is 3.57. The maximum absolute atomic E-state index is 8.15. The van der Waals surface area contributed by atoms with Gasteiger partial charge in [0.05, 0.1) is 0 Å². The Morgan fingerprint density at radius 2 is 2.62 bits per heavy atom. The minimum Gasteiger partial charge on any atom is -0.0998 e. The van der Waals surface area contributed by atoms with Crippen LogP contribution in [-0.4, -0.2) is 6.54 Å². The Bertz CT molecular complexity index is 272. The summed E-state index contributed by atoms with van der Waals surface area (Å²) in [6, 6.07) is 0. The first kappa shape index (κ1) is 9.87. The van der Waals surface area contributed by atoms with Crippen LogP contribution < -0.4 is 0 Å². The van der Waals surface area contributed by atoms with Gasteiger partial charge in [0, 0.05) is 11.5 Å². The molecule has 0 spiro atoms. The van der Waals surface area contributed by atoms with Crippen LogP contribution >= 0.6 is 0 Å². The predicted molar refractivity (Wildman–Crippen MR) is 54.3 cm³/mol. The van der Waals surface area contributed by atoms with E-state index in [2.05, 4.69) is 29.6 Å². The largest absolute Gasteiger partial charge is 0.0998 e. The van der Waals surface area contributed by atoms with E-state index < -0.39 is 0 Å². The lowest BCUT2D eigenvalue weighted by molar-refractivity contribution is 0.536. The Balaban J connectivity index is 2.47. The molecule has 13 heavy (non-hydrogen) atoms. The lowest BCUT2D eigenvalue weighted by Gasteiger charge is -2.21. The van der Waals surface area contributed by atoms with Crippen molar-refractivity contribution in [2.24, 2.45) is 11.0 Å². The molecule has 0 amide bonds. The van der Waals surface area contributed by atoms with E-state index in [1.807, 2.05) is 0 Å². The highest BCUT2D eigenvalue weighted by Crippen LogP contribution is 2.28. The van der Waals surface area contributed by atoms with Crippen molar-refractivity contribution in [2.75, 3.05) is 6.54 Å². The average molecular weight is 177 g/mol. The van der Waals surface area contributed by atoms with Gasteiger partial charge in [-0.05, 0) is 37.6 Å². The normalized spacial score (nSPS) is 21.6. The summed E-state index contributed by atoms with van der Waals surface area (Å²) in [7, 11) is 0. The van der Waals surface area contributed by atoms with Crippen molar-refractivity contribution in [1.82, 2.24) is 0 Å². The Morgan fingerprint density at radius 1 is 1.85 bits per heavy atom. The third kappa shape index (κ3) is 2.96. The zero-order valence-corrected chi connectivity index (χ0v) is 8.03. The van der Waals surface area contributed by atoms with Crippen molar-refractivity contribution in [2.45, 2.75) is 26.2 Å². The lowest BCUT2D eigenvalue weighted by atomic mass is 9.86. The SMILES string of the molecule is C=C(C)[C@H]1CC=C(CN=[N+]=[N-])CC1. The van der Waals surface area contributed by atoms with Gasteiger partial charge in [-0.2, -0.15) is 0 Å². The van der Waals surface area contributed by atoms with E-state index in [4.69, 9.17) is 5.53 Å². The topological polar surface area (TPSA) is 48.8 Å². The first-order valence-corrected chi connectivity index (χ1v) is 4.58. The molecule has 0 aromatic rings. The lowest BCUT2D eigenvalue weighted by Crippen LogP contribution is -2.07. The van der Waals surface area contributed by atoms with Gasteiger partial charge in [0.2, 0.25) is 0 Å². The van der Waals surface area contributed by atoms with Gasteiger partial charge in [0.15, 0.2) is 0 Å². The van der Waals surface area contributed by atoms with Crippen molar-refractivity contribution >= 4 is 0 Å². The Hall–Kier alpha value is -1.21. The molecule has 0 saturated heterocycles. The zero-order valence-electron chi connectivity index (χ0n) is 8.03. The summed E-state index contributed by atoms with van der Waals surface area (Å²) >= 11 is 0.